The van der Waals surface area contributed by atoms with E-state index in [1.54, 1.807) is 11.1 Å². The maximum atomic E-state index is 13.3. The van der Waals surface area contributed by atoms with Crippen LogP contribution in [0.2, 0.25) is 0 Å². The van der Waals surface area contributed by atoms with Crippen LogP contribution in [0.1, 0.15) is 24.5 Å². The largest absolute Gasteiger partial charge is 0.433 e. The molecule has 0 radical (unpaired) electrons. The molecule has 112 valence electrons. The average molecular weight is 297 g/mol. The lowest BCUT2D eigenvalue weighted by Crippen LogP contribution is -2.35. The SMILES string of the molecule is Cc1cc(F)ccc1C1=NN(C)C2=NC3(C)C=C(C=C2O1)C3. The van der Waals surface area contributed by atoms with Crippen LogP contribution in [-0.2, 0) is 4.74 Å². The second-order valence-electron chi connectivity index (χ2n) is 6.19. The first-order valence-electron chi connectivity index (χ1n) is 7.24. The molecule has 4 nitrogen and oxygen atoms in total. The van der Waals surface area contributed by atoms with Crippen LogP contribution in [0.4, 0.5) is 4.39 Å². The fourth-order valence-corrected chi connectivity index (χ4v) is 3.07. The molecule has 3 heterocycles. The van der Waals surface area contributed by atoms with Crippen molar-refractivity contribution >= 4 is 11.7 Å². The number of ether oxygens (including phenoxy) is 1. The molecule has 4 aliphatic rings. The van der Waals surface area contributed by atoms with E-state index in [4.69, 9.17) is 9.73 Å². The Labute approximate surface area is 128 Å². The molecule has 5 rings (SSSR count). The number of hydrazone groups is 1. The highest BCUT2D eigenvalue weighted by Gasteiger charge is 2.38. The van der Waals surface area contributed by atoms with Crippen molar-refractivity contribution in [2.45, 2.75) is 25.8 Å². The summed E-state index contributed by atoms with van der Waals surface area (Å²) in [5.74, 6) is 1.63. The number of likely N-dealkylation sites (N-methyl/N-ethyl adjacent to an activating group) is 1. The van der Waals surface area contributed by atoms with Gasteiger partial charge in [-0.1, -0.05) is 6.08 Å². The zero-order valence-electron chi connectivity index (χ0n) is 12.7. The van der Waals surface area contributed by atoms with Gasteiger partial charge in [-0.2, -0.15) is 0 Å². The van der Waals surface area contributed by atoms with E-state index in [2.05, 4.69) is 18.1 Å². The lowest BCUT2D eigenvalue weighted by atomic mass is 9.81. The van der Waals surface area contributed by atoms with Gasteiger partial charge in [-0.25, -0.2) is 9.40 Å². The van der Waals surface area contributed by atoms with Crippen molar-refractivity contribution in [1.82, 2.24) is 5.01 Å². The number of aliphatic imine (C=N–C) groups is 1. The van der Waals surface area contributed by atoms with Gasteiger partial charge in [-0.3, -0.25) is 4.99 Å². The van der Waals surface area contributed by atoms with Crippen molar-refractivity contribution in [2.24, 2.45) is 10.1 Å². The summed E-state index contributed by atoms with van der Waals surface area (Å²) in [5, 5.41) is 6.19. The molecule has 1 aromatic rings. The van der Waals surface area contributed by atoms with Crippen molar-refractivity contribution in [3.8, 4) is 0 Å². The third-order valence-electron chi connectivity index (χ3n) is 4.13. The summed E-state index contributed by atoms with van der Waals surface area (Å²) in [7, 11) is 1.85. The molecule has 2 bridgehead atoms. The fourth-order valence-electron chi connectivity index (χ4n) is 3.07. The topological polar surface area (TPSA) is 37.2 Å². The predicted molar refractivity (Wildman–Crippen MR) is 83.1 cm³/mol. The van der Waals surface area contributed by atoms with Crippen LogP contribution < -0.4 is 0 Å². The van der Waals surface area contributed by atoms with Gasteiger partial charge in [0.05, 0.1) is 5.54 Å². The van der Waals surface area contributed by atoms with Crippen molar-refractivity contribution in [1.29, 1.82) is 0 Å². The molecule has 0 N–H and O–H groups in total. The molecular formula is C17H16FN3O. The van der Waals surface area contributed by atoms with Gasteiger partial charge in [0, 0.05) is 19.0 Å². The molecule has 0 saturated heterocycles. The first kappa shape index (κ1) is 13.2. The van der Waals surface area contributed by atoms with E-state index in [1.807, 2.05) is 20.0 Å². The summed E-state index contributed by atoms with van der Waals surface area (Å²) in [6.45, 7) is 3.94. The van der Waals surface area contributed by atoms with Crippen LogP contribution in [0.25, 0.3) is 0 Å². The zero-order valence-corrected chi connectivity index (χ0v) is 12.7. The molecule has 1 aliphatic carbocycles. The molecule has 5 heteroatoms. The molecule has 0 fully saturated rings. The lowest BCUT2D eigenvalue weighted by molar-refractivity contribution is 0.368. The summed E-state index contributed by atoms with van der Waals surface area (Å²) < 4.78 is 19.2. The Hall–Kier alpha value is -2.43. The summed E-state index contributed by atoms with van der Waals surface area (Å²) in [4.78, 5) is 4.75. The smallest absolute Gasteiger partial charge is 0.244 e. The van der Waals surface area contributed by atoms with Gasteiger partial charge in [0.25, 0.3) is 0 Å². The van der Waals surface area contributed by atoms with Crippen molar-refractivity contribution < 1.29 is 9.13 Å². The molecule has 1 aromatic carbocycles. The van der Waals surface area contributed by atoms with Crippen LogP contribution in [0, 0.1) is 12.7 Å². The molecule has 0 spiro atoms. The number of rotatable bonds is 1. The summed E-state index contributed by atoms with van der Waals surface area (Å²) >= 11 is 0. The molecule has 0 saturated carbocycles. The Morgan fingerprint density at radius 1 is 1.36 bits per heavy atom. The van der Waals surface area contributed by atoms with E-state index in [9.17, 15) is 4.39 Å². The van der Waals surface area contributed by atoms with Gasteiger partial charge in [0.2, 0.25) is 5.90 Å². The van der Waals surface area contributed by atoms with Gasteiger partial charge in [-0.15, -0.1) is 5.10 Å². The first-order chi connectivity index (χ1) is 10.4. The van der Waals surface area contributed by atoms with E-state index in [0.29, 0.717) is 11.7 Å². The minimum atomic E-state index is -0.263. The summed E-state index contributed by atoms with van der Waals surface area (Å²) in [6, 6.07) is 4.59. The van der Waals surface area contributed by atoms with Crippen LogP contribution in [0.15, 0.2) is 51.8 Å². The van der Waals surface area contributed by atoms with E-state index in [0.717, 1.165) is 23.4 Å². The third kappa shape index (κ3) is 1.96. The van der Waals surface area contributed by atoms with Crippen LogP contribution in [-0.4, -0.2) is 29.3 Å². The van der Waals surface area contributed by atoms with E-state index >= 15 is 0 Å². The highest BCUT2D eigenvalue weighted by molar-refractivity contribution is 6.07. The molecule has 0 aromatic heterocycles. The Morgan fingerprint density at radius 2 is 2.14 bits per heavy atom. The normalized spacial score (nSPS) is 25.7. The van der Waals surface area contributed by atoms with Gasteiger partial charge in [0.15, 0.2) is 11.6 Å². The van der Waals surface area contributed by atoms with E-state index in [-0.39, 0.29) is 11.4 Å². The zero-order chi connectivity index (χ0) is 15.5. The Morgan fingerprint density at radius 3 is 2.86 bits per heavy atom. The van der Waals surface area contributed by atoms with Crippen molar-refractivity contribution in [2.75, 3.05) is 7.05 Å². The molecular weight excluding hydrogens is 281 g/mol. The molecule has 3 aliphatic heterocycles. The standard InChI is InChI=1S/C17H16FN3O/c1-10-6-12(18)4-5-13(10)16-20-21(3)15-14(22-16)7-11-8-17(2,9-11)19-15/h4-8H,9H2,1-3H3. The third-order valence-corrected chi connectivity index (χ3v) is 4.13. The maximum Gasteiger partial charge on any atom is 0.244 e. The number of benzene rings is 1. The van der Waals surface area contributed by atoms with E-state index in [1.165, 1.54) is 17.7 Å². The minimum Gasteiger partial charge on any atom is -0.433 e. The minimum absolute atomic E-state index is 0.153. The van der Waals surface area contributed by atoms with Crippen LogP contribution in [0.3, 0.4) is 0 Å². The molecule has 1 unspecified atom stereocenters. The highest BCUT2D eigenvalue weighted by Crippen LogP contribution is 2.39. The predicted octanol–water partition coefficient (Wildman–Crippen LogP) is 3.14. The number of hydrogen-bond acceptors (Lipinski definition) is 4. The van der Waals surface area contributed by atoms with Gasteiger partial charge in [0.1, 0.15) is 5.82 Å². The van der Waals surface area contributed by atoms with Gasteiger partial charge in [-0.05, 0) is 49.3 Å². The Bertz CT molecular complexity index is 806. The van der Waals surface area contributed by atoms with Gasteiger partial charge < -0.3 is 4.74 Å². The second kappa shape index (κ2) is 4.29. The van der Waals surface area contributed by atoms with Crippen LogP contribution in [0.5, 0.6) is 0 Å². The van der Waals surface area contributed by atoms with Crippen molar-refractivity contribution in [3.63, 3.8) is 0 Å². The number of halogens is 1. The van der Waals surface area contributed by atoms with E-state index < -0.39 is 0 Å². The molecule has 1 atom stereocenters. The highest BCUT2D eigenvalue weighted by atomic mass is 19.1. The summed E-state index contributed by atoms with van der Waals surface area (Å²) in [6.07, 6.45) is 5.07. The quantitative estimate of drug-likeness (QED) is 0.798. The Kier molecular flexibility index (Phi) is 2.58. The monoisotopic (exact) mass is 297 g/mol. The average Bonchev–Trinajstić information content (AvgIpc) is 2.63. The maximum absolute atomic E-state index is 13.3. The summed E-state index contributed by atoms with van der Waals surface area (Å²) in [5.41, 5.74) is 2.64. The number of nitrogens with zero attached hydrogens (tertiary/aromatic N) is 3. The second-order valence-corrected chi connectivity index (χ2v) is 6.19. The number of hydrogen-bond donors (Lipinski definition) is 0. The number of aryl methyl sites for hydroxylation is 1. The van der Waals surface area contributed by atoms with Crippen LogP contribution >= 0.6 is 0 Å². The Balaban J connectivity index is 1.78. The fraction of sp³-hybridized carbons (Fsp3) is 0.294. The van der Waals surface area contributed by atoms with Crippen molar-refractivity contribution in [3.05, 3.63) is 58.6 Å². The first-order valence-corrected chi connectivity index (χ1v) is 7.24. The molecule has 22 heavy (non-hydrogen) atoms. The lowest BCUT2D eigenvalue weighted by Gasteiger charge is -2.31. The van der Waals surface area contributed by atoms with Gasteiger partial charge >= 0.3 is 0 Å². The molecule has 0 amide bonds. The number of amidine groups is 1. The number of allylic oxidation sites excluding steroid dienone is 1.